The molecule has 0 radical (unpaired) electrons. The average molecular weight is 275 g/mol. The molecule has 0 spiro atoms. The molecule has 0 saturated carbocycles. The van der Waals surface area contributed by atoms with Crippen LogP contribution in [0, 0.1) is 0 Å². The third-order valence-electron chi connectivity index (χ3n) is 3.72. The number of amides is 1. The minimum Gasteiger partial charge on any atom is -0.472 e. The number of furan rings is 1. The number of methoxy groups -OCH3 is 1. The average Bonchev–Trinajstić information content (AvgIpc) is 3.09. The number of hydrogen-bond acceptors (Lipinski definition) is 4. The molecule has 0 aliphatic carbocycles. The molecule has 0 fully saturated rings. The maximum Gasteiger partial charge on any atom is 0.257 e. The van der Waals surface area contributed by atoms with E-state index in [9.17, 15) is 4.79 Å². The van der Waals surface area contributed by atoms with Crippen LogP contribution in [0.2, 0.25) is 0 Å². The van der Waals surface area contributed by atoms with Crippen LogP contribution in [0.4, 0.5) is 0 Å². The van der Waals surface area contributed by atoms with E-state index >= 15 is 0 Å². The third-order valence-corrected chi connectivity index (χ3v) is 3.72. The lowest BCUT2D eigenvalue weighted by atomic mass is 10.0. The number of nitrogens with zero attached hydrogens (tertiary/aromatic N) is 3. The fraction of sp³-hybridized carbons (Fsp3) is 0.429. The van der Waals surface area contributed by atoms with Gasteiger partial charge in [-0.3, -0.25) is 4.79 Å². The summed E-state index contributed by atoms with van der Waals surface area (Å²) >= 11 is 0. The first-order valence-electron chi connectivity index (χ1n) is 6.52. The molecule has 0 saturated heterocycles. The number of fused-ring (bicyclic) bond motifs is 1. The zero-order valence-corrected chi connectivity index (χ0v) is 11.6. The van der Waals surface area contributed by atoms with Crippen LogP contribution in [-0.2, 0) is 24.8 Å². The van der Waals surface area contributed by atoms with Gasteiger partial charge in [-0.05, 0) is 6.07 Å². The van der Waals surface area contributed by atoms with Gasteiger partial charge in [-0.15, -0.1) is 0 Å². The minimum atomic E-state index is -0.0443. The lowest BCUT2D eigenvalue weighted by molar-refractivity contribution is 0.0467. The molecule has 3 heterocycles. The van der Waals surface area contributed by atoms with Crippen molar-refractivity contribution in [2.24, 2.45) is 7.05 Å². The van der Waals surface area contributed by atoms with Crippen LogP contribution < -0.4 is 0 Å². The SMILES string of the molecule is COC[C@H]1Cc2c(ncn2C)CN1C(=O)c1ccoc1. The smallest absolute Gasteiger partial charge is 0.257 e. The summed E-state index contributed by atoms with van der Waals surface area (Å²) in [7, 11) is 3.63. The number of imidazole rings is 1. The second-order valence-corrected chi connectivity index (χ2v) is 5.01. The number of rotatable bonds is 3. The summed E-state index contributed by atoms with van der Waals surface area (Å²) in [6.45, 7) is 1.02. The Hall–Kier alpha value is -2.08. The van der Waals surface area contributed by atoms with Gasteiger partial charge in [0.2, 0.25) is 0 Å². The fourth-order valence-electron chi connectivity index (χ4n) is 2.65. The summed E-state index contributed by atoms with van der Waals surface area (Å²) in [5.74, 6) is -0.0443. The zero-order valence-electron chi connectivity index (χ0n) is 11.6. The van der Waals surface area contributed by atoms with Crippen molar-refractivity contribution >= 4 is 5.91 Å². The van der Waals surface area contributed by atoms with E-state index in [2.05, 4.69) is 4.98 Å². The number of ether oxygens (including phenoxy) is 1. The predicted octanol–water partition coefficient (Wildman–Crippen LogP) is 1.23. The maximum absolute atomic E-state index is 12.5. The topological polar surface area (TPSA) is 60.5 Å². The Balaban J connectivity index is 1.90. The molecule has 20 heavy (non-hydrogen) atoms. The molecule has 6 nitrogen and oxygen atoms in total. The van der Waals surface area contributed by atoms with Gasteiger partial charge in [0, 0.05) is 26.3 Å². The Morgan fingerprint density at radius 1 is 1.60 bits per heavy atom. The van der Waals surface area contributed by atoms with Gasteiger partial charge in [0.25, 0.3) is 5.91 Å². The van der Waals surface area contributed by atoms with Crippen molar-refractivity contribution in [3.8, 4) is 0 Å². The van der Waals surface area contributed by atoms with Crippen molar-refractivity contribution in [2.75, 3.05) is 13.7 Å². The maximum atomic E-state index is 12.5. The van der Waals surface area contributed by atoms with Crippen molar-refractivity contribution in [1.29, 1.82) is 0 Å². The lowest BCUT2D eigenvalue weighted by Gasteiger charge is -2.34. The second-order valence-electron chi connectivity index (χ2n) is 5.01. The molecule has 6 heteroatoms. The van der Waals surface area contributed by atoms with Crippen LogP contribution in [0.3, 0.4) is 0 Å². The van der Waals surface area contributed by atoms with Crippen molar-refractivity contribution in [2.45, 2.75) is 19.0 Å². The van der Waals surface area contributed by atoms with E-state index in [1.807, 2.05) is 16.5 Å². The number of carbonyl (C=O) groups is 1. The van der Waals surface area contributed by atoms with Crippen LogP contribution in [0.25, 0.3) is 0 Å². The van der Waals surface area contributed by atoms with Gasteiger partial charge >= 0.3 is 0 Å². The molecule has 106 valence electrons. The van der Waals surface area contributed by atoms with Crippen molar-refractivity contribution in [1.82, 2.24) is 14.5 Å². The predicted molar refractivity (Wildman–Crippen MR) is 71.2 cm³/mol. The van der Waals surface area contributed by atoms with E-state index in [4.69, 9.17) is 9.15 Å². The van der Waals surface area contributed by atoms with Gasteiger partial charge < -0.3 is 18.6 Å². The molecule has 1 atom stereocenters. The first kappa shape index (κ1) is 12.9. The summed E-state index contributed by atoms with van der Waals surface area (Å²) in [5.41, 5.74) is 2.69. The van der Waals surface area contributed by atoms with Crippen LogP contribution in [0.15, 0.2) is 29.3 Å². The number of aryl methyl sites for hydroxylation is 1. The molecule has 1 aliphatic heterocycles. The van der Waals surface area contributed by atoms with Gasteiger partial charge in [0.15, 0.2) is 0 Å². The fourth-order valence-corrected chi connectivity index (χ4v) is 2.65. The zero-order chi connectivity index (χ0) is 14.1. The van der Waals surface area contributed by atoms with Crippen molar-refractivity contribution in [3.05, 3.63) is 41.9 Å². The van der Waals surface area contributed by atoms with Crippen molar-refractivity contribution in [3.63, 3.8) is 0 Å². The monoisotopic (exact) mass is 275 g/mol. The molecule has 0 aromatic carbocycles. The van der Waals surface area contributed by atoms with Gasteiger partial charge in [-0.2, -0.15) is 0 Å². The van der Waals surface area contributed by atoms with Gasteiger partial charge in [0.05, 0.1) is 43.0 Å². The highest BCUT2D eigenvalue weighted by atomic mass is 16.5. The molecule has 3 rings (SSSR count). The minimum absolute atomic E-state index is 0.0188. The summed E-state index contributed by atoms with van der Waals surface area (Å²) in [6.07, 6.45) is 5.53. The van der Waals surface area contributed by atoms with E-state index in [-0.39, 0.29) is 11.9 Å². The van der Waals surface area contributed by atoms with Crippen LogP contribution in [-0.4, -0.2) is 40.1 Å². The van der Waals surface area contributed by atoms with Gasteiger partial charge in [-0.1, -0.05) is 0 Å². The highest BCUT2D eigenvalue weighted by Gasteiger charge is 2.32. The largest absolute Gasteiger partial charge is 0.472 e. The highest BCUT2D eigenvalue weighted by Crippen LogP contribution is 2.24. The molecule has 2 aromatic rings. The van der Waals surface area contributed by atoms with Gasteiger partial charge in [0.1, 0.15) is 6.26 Å². The summed E-state index contributed by atoms with van der Waals surface area (Å²) in [4.78, 5) is 18.7. The molecule has 0 unspecified atom stereocenters. The number of carbonyl (C=O) groups excluding carboxylic acids is 1. The molecular formula is C14H17N3O3. The molecular weight excluding hydrogens is 258 g/mol. The first-order valence-corrected chi connectivity index (χ1v) is 6.52. The Morgan fingerprint density at radius 3 is 3.15 bits per heavy atom. The van der Waals surface area contributed by atoms with Gasteiger partial charge in [-0.25, -0.2) is 4.98 Å². The van der Waals surface area contributed by atoms with Crippen LogP contribution in [0.5, 0.6) is 0 Å². The molecule has 2 aromatic heterocycles. The summed E-state index contributed by atoms with van der Waals surface area (Å²) in [6, 6.07) is 1.70. The third kappa shape index (κ3) is 2.12. The van der Waals surface area contributed by atoms with Crippen LogP contribution >= 0.6 is 0 Å². The Kier molecular flexibility index (Phi) is 3.31. The highest BCUT2D eigenvalue weighted by molar-refractivity contribution is 5.94. The normalized spacial score (nSPS) is 18.1. The van der Waals surface area contributed by atoms with Crippen molar-refractivity contribution < 1.29 is 13.9 Å². The van der Waals surface area contributed by atoms with Crippen LogP contribution in [0.1, 0.15) is 21.7 Å². The van der Waals surface area contributed by atoms with E-state index in [1.54, 1.807) is 19.5 Å². The molecule has 0 N–H and O–H groups in total. The Morgan fingerprint density at radius 2 is 2.45 bits per heavy atom. The number of hydrogen-bond donors (Lipinski definition) is 0. The van der Waals surface area contributed by atoms with E-state index in [0.29, 0.717) is 18.7 Å². The standard InChI is InChI=1S/C14H17N3O3/c1-16-9-15-12-6-17(11(8-19-2)5-13(12)16)14(18)10-3-4-20-7-10/h3-4,7,9,11H,5-6,8H2,1-2H3/t11-/m1/s1. The summed E-state index contributed by atoms with van der Waals surface area (Å²) in [5, 5.41) is 0. The second kappa shape index (κ2) is 5.13. The quantitative estimate of drug-likeness (QED) is 0.845. The summed E-state index contributed by atoms with van der Waals surface area (Å²) < 4.78 is 12.3. The van der Waals surface area contributed by atoms with E-state index in [0.717, 1.165) is 12.1 Å². The molecule has 0 bridgehead atoms. The molecule has 1 aliphatic rings. The number of aromatic nitrogens is 2. The van der Waals surface area contributed by atoms with E-state index < -0.39 is 0 Å². The van der Waals surface area contributed by atoms with E-state index in [1.165, 1.54) is 18.2 Å². The molecule has 1 amide bonds. The lowest BCUT2D eigenvalue weighted by Crippen LogP contribution is -2.46. The Bertz CT molecular complexity index is 603. The Labute approximate surface area is 117 Å². The first-order chi connectivity index (χ1) is 9.70.